The number of aromatic nitrogens is 4. The molecule has 1 aromatic heterocycles. The third-order valence-electron chi connectivity index (χ3n) is 2.56. The summed E-state index contributed by atoms with van der Waals surface area (Å²) in [5, 5.41) is 10.3. The largest absolute Gasteiger partial charge is 0.416 e. The Morgan fingerprint density at radius 2 is 2.00 bits per heavy atom. The Bertz CT molecular complexity index is 565. The molecule has 1 atom stereocenters. The Labute approximate surface area is 112 Å². The number of tetrazole rings is 1. The van der Waals surface area contributed by atoms with Gasteiger partial charge in [-0.25, -0.2) is 4.68 Å². The molecule has 0 saturated heterocycles. The number of rotatable bonds is 3. The molecule has 8 heteroatoms. The van der Waals surface area contributed by atoms with Crippen LogP contribution in [0.4, 0.5) is 13.2 Å². The average molecular weight is 291 g/mol. The maximum Gasteiger partial charge on any atom is 0.416 e. The second kappa shape index (κ2) is 5.16. The third kappa shape index (κ3) is 3.04. The fourth-order valence-corrected chi connectivity index (χ4v) is 1.86. The molecule has 2 aromatic rings. The van der Waals surface area contributed by atoms with Crippen LogP contribution in [0, 0.1) is 0 Å². The normalized spacial score (nSPS) is 13.5. The molecule has 0 saturated carbocycles. The minimum atomic E-state index is -4.41. The molecule has 0 radical (unpaired) electrons. The van der Waals surface area contributed by atoms with Gasteiger partial charge in [-0.15, -0.1) is 16.7 Å². The minimum absolute atomic E-state index is 0.0743. The highest BCUT2D eigenvalue weighted by Crippen LogP contribution is 2.32. The van der Waals surface area contributed by atoms with Gasteiger partial charge in [-0.3, -0.25) is 0 Å². The number of alkyl halides is 4. The molecule has 0 fully saturated rings. The molecule has 2 rings (SSSR count). The monoisotopic (exact) mass is 290 g/mol. The second-order valence-electron chi connectivity index (χ2n) is 3.97. The highest BCUT2D eigenvalue weighted by atomic mass is 35.5. The van der Waals surface area contributed by atoms with E-state index in [9.17, 15) is 13.2 Å². The van der Waals surface area contributed by atoms with Crippen LogP contribution in [0.5, 0.6) is 0 Å². The van der Waals surface area contributed by atoms with E-state index in [4.69, 9.17) is 11.6 Å². The summed E-state index contributed by atoms with van der Waals surface area (Å²) in [6.45, 7) is 1.58. The van der Waals surface area contributed by atoms with Crippen LogP contribution in [-0.4, -0.2) is 20.2 Å². The number of benzene rings is 1. The van der Waals surface area contributed by atoms with E-state index in [2.05, 4.69) is 15.5 Å². The summed E-state index contributed by atoms with van der Waals surface area (Å²) in [6, 6.07) is 5.31. The van der Waals surface area contributed by atoms with E-state index in [1.807, 2.05) is 0 Å². The number of halogens is 4. The molecule has 0 N–H and O–H groups in total. The second-order valence-corrected chi connectivity index (χ2v) is 4.62. The quantitative estimate of drug-likeness (QED) is 0.816. The summed E-state index contributed by atoms with van der Waals surface area (Å²) >= 11 is 5.86. The van der Waals surface area contributed by atoms with E-state index in [-0.39, 0.29) is 12.1 Å². The molecule has 1 heterocycles. The smallest absolute Gasteiger partial charge is 0.224 e. The van der Waals surface area contributed by atoms with Crippen molar-refractivity contribution in [1.82, 2.24) is 20.2 Å². The van der Waals surface area contributed by atoms with E-state index < -0.39 is 17.1 Å². The molecule has 19 heavy (non-hydrogen) atoms. The lowest BCUT2D eigenvalue weighted by atomic mass is 10.1. The summed E-state index contributed by atoms with van der Waals surface area (Å²) in [4.78, 5) is 0. The van der Waals surface area contributed by atoms with Crippen LogP contribution in [0.15, 0.2) is 24.3 Å². The van der Waals surface area contributed by atoms with Crippen molar-refractivity contribution < 1.29 is 13.2 Å². The van der Waals surface area contributed by atoms with Crippen molar-refractivity contribution in [2.45, 2.75) is 25.0 Å². The molecule has 102 valence electrons. The van der Waals surface area contributed by atoms with Gasteiger partial charge >= 0.3 is 6.18 Å². The first kappa shape index (κ1) is 13.8. The standard InChI is InChI=1S/C11H10ClF3N4/c1-7(12)10-16-17-18-19(10)6-8-4-2-3-5-9(8)11(13,14)15/h2-5,7H,6H2,1H3. The molecule has 0 aliphatic rings. The molecule has 4 nitrogen and oxygen atoms in total. The molecular formula is C11H10ClF3N4. The van der Waals surface area contributed by atoms with Crippen molar-refractivity contribution in [2.75, 3.05) is 0 Å². The highest BCUT2D eigenvalue weighted by molar-refractivity contribution is 6.20. The molecule has 0 aliphatic heterocycles. The number of hydrogen-bond acceptors (Lipinski definition) is 3. The van der Waals surface area contributed by atoms with Crippen molar-refractivity contribution in [3.63, 3.8) is 0 Å². The van der Waals surface area contributed by atoms with Crippen LogP contribution >= 0.6 is 11.6 Å². The molecule has 1 unspecified atom stereocenters. The van der Waals surface area contributed by atoms with Crippen LogP contribution in [0.2, 0.25) is 0 Å². The van der Waals surface area contributed by atoms with E-state index in [1.165, 1.54) is 16.8 Å². The summed E-state index contributed by atoms with van der Waals surface area (Å²) in [5.41, 5.74) is -0.598. The van der Waals surface area contributed by atoms with Crippen molar-refractivity contribution in [1.29, 1.82) is 0 Å². The molecule has 0 amide bonds. The molecule has 1 aromatic carbocycles. The first-order chi connectivity index (χ1) is 8.89. The van der Waals surface area contributed by atoms with Crippen LogP contribution in [0.3, 0.4) is 0 Å². The van der Waals surface area contributed by atoms with E-state index in [0.717, 1.165) is 6.07 Å². The van der Waals surface area contributed by atoms with Gasteiger partial charge in [0, 0.05) is 0 Å². The van der Waals surface area contributed by atoms with Crippen LogP contribution in [0.1, 0.15) is 29.3 Å². The van der Waals surface area contributed by atoms with Crippen molar-refractivity contribution in [3.8, 4) is 0 Å². The first-order valence-electron chi connectivity index (χ1n) is 5.45. The first-order valence-corrected chi connectivity index (χ1v) is 5.88. The minimum Gasteiger partial charge on any atom is -0.224 e. The molecule has 0 aliphatic carbocycles. The number of nitrogens with zero attached hydrogens (tertiary/aromatic N) is 4. The van der Waals surface area contributed by atoms with Crippen molar-refractivity contribution >= 4 is 11.6 Å². The van der Waals surface area contributed by atoms with Gasteiger partial charge in [-0.1, -0.05) is 18.2 Å². The topological polar surface area (TPSA) is 43.6 Å². The van der Waals surface area contributed by atoms with E-state index in [1.54, 1.807) is 13.0 Å². The predicted octanol–water partition coefficient (Wildman–Crippen LogP) is 3.04. The lowest BCUT2D eigenvalue weighted by Crippen LogP contribution is -2.14. The fraction of sp³-hybridized carbons (Fsp3) is 0.364. The van der Waals surface area contributed by atoms with Crippen LogP contribution < -0.4 is 0 Å². The summed E-state index contributed by atoms with van der Waals surface area (Å²) in [5.74, 6) is 0.332. The van der Waals surface area contributed by atoms with Crippen LogP contribution in [-0.2, 0) is 12.7 Å². The summed E-state index contributed by atoms with van der Waals surface area (Å²) < 4.78 is 39.8. The van der Waals surface area contributed by atoms with Gasteiger partial charge in [-0.05, 0) is 29.0 Å². The average Bonchev–Trinajstić information content (AvgIpc) is 2.76. The van der Waals surface area contributed by atoms with Crippen LogP contribution in [0.25, 0.3) is 0 Å². The van der Waals surface area contributed by atoms with E-state index in [0.29, 0.717) is 5.82 Å². The van der Waals surface area contributed by atoms with Gasteiger partial charge < -0.3 is 0 Å². The Morgan fingerprint density at radius 1 is 1.32 bits per heavy atom. The van der Waals surface area contributed by atoms with Crippen molar-refractivity contribution in [2.24, 2.45) is 0 Å². The lowest BCUT2D eigenvalue weighted by molar-refractivity contribution is -0.138. The van der Waals surface area contributed by atoms with Crippen molar-refractivity contribution in [3.05, 3.63) is 41.2 Å². The maximum atomic E-state index is 12.8. The third-order valence-corrected chi connectivity index (χ3v) is 2.75. The Morgan fingerprint density at radius 3 is 2.63 bits per heavy atom. The molecule has 0 bridgehead atoms. The van der Waals surface area contributed by atoms with Gasteiger partial charge in [-0.2, -0.15) is 13.2 Å². The Kier molecular flexibility index (Phi) is 3.75. The van der Waals surface area contributed by atoms with Gasteiger partial charge in [0.05, 0.1) is 17.5 Å². The predicted molar refractivity (Wildman–Crippen MR) is 62.6 cm³/mol. The zero-order chi connectivity index (χ0) is 14.0. The SMILES string of the molecule is CC(Cl)c1nnnn1Cc1ccccc1C(F)(F)F. The van der Waals surface area contributed by atoms with Gasteiger partial charge in [0.1, 0.15) is 0 Å². The van der Waals surface area contributed by atoms with E-state index >= 15 is 0 Å². The number of hydrogen-bond donors (Lipinski definition) is 0. The summed E-state index contributed by atoms with van der Waals surface area (Å²) in [6.07, 6.45) is -4.41. The highest BCUT2D eigenvalue weighted by Gasteiger charge is 2.33. The fourth-order valence-electron chi connectivity index (χ4n) is 1.71. The Balaban J connectivity index is 2.36. The zero-order valence-electron chi connectivity index (χ0n) is 9.89. The van der Waals surface area contributed by atoms with Gasteiger partial charge in [0.15, 0.2) is 5.82 Å². The van der Waals surface area contributed by atoms with Gasteiger partial charge in [0.2, 0.25) is 0 Å². The molecular weight excluding hydrogens is 281 g/mol. The Hall–Kier alpha value is -1.63. The summed E-state index contributed by atoms with van der Waals surface area (Å²) in [7, 11) is 0. The molecule has 0 spiro atoms. The van der Waals surface area contributed by atoms with Gasteiger partial charge in [0.25, 0.3) is 0 Å². The maximum absolute atomic E-state index is 12.8. The lowest BCUT2D eigenvalue weighted by Gasteiger charge is -2.13. The zero-order valence-corrected chi connectivity index (χ0v) is 10.7.